The van der Waals surface area contributed by atoms with E-state index in [0.29, 0.717) is 0 Å². The SMILES string of the molecule is CCCC[N+](CCCC)(CCCC)CCCC.CCO.[OH-]. The van der Waals surface area contributed by atoms with Crippen LogP contribution in [0.4, 0.5) is 0 Å². The second kappa shape index (κ2) is 19.9. The fourth-order valence-electron chi connectivity index (χ4n) is 2.64. The first kappa shape index (κ1) is 25.8. The van der Waals surface area contributed by atoms with Crippen molar-refractivity contribution in [3.8, 4) is 0 Å². The maximum Gasteiger partial charge on any atom is 0.0786 e. The zero-order valence-electron chi connectivity index (χ0n) is 15.5. The minimum Gasteiger partial charge on any atom is -0.870 e. The average molecular weight is 306 g/mol. The summed E-state index contributed by atoms with van der Waals surface area (Å²) in [6, 6.07) is 0. The van der Waals surface area contributed by atoms with E-state index < -0.39 is 0 Å². The Morgan fingerprint density at radius 2 is 0.762 bits per heavy atom. The van der Waals surface area contributed by atoms with Crippen LogP contribution in [0.1, 0.15) is 86.0 Å². The molecule has 2 N–H and O–H groups in total. The van der Waals surface area contributed by atoms with Crippen molar-refractivity contribution in [1.82, 2.24) is 0 Å². The molecule has 0 spiro atoms. The third kappa shape index (κ3) is 16.1. The highest BCUT2D eigenvalue weighted by atomic mass is 16.2. The molecular weight excluding hydrogens is 262 g/mol. The van der Waals surface area contributed by atoms with E-state index in [2.05, 4.69) is 27.7 Å². The van der Waals surface area contributed by atoms with Gasteiger partial charge < -0.3 is 15.1 Å². The van der Waals surface area contributed by atoms with Gasteiger partial charge in [0.15, 0.2) is 0 Å². The average Bonchev–Trinajstić information content (AvgIpc) is 2.46. The van der Waals surface area contributed by atoms with Crippen LogP contribution >= 0.6 is 0 Å². The molecule has 0 bridgehead atoms. The topological polar surface area (TPSA) is 50.2 Å². The predicted molar refractivity (Wildman–Crippen MR) is 94.1 cm³/mol. The lowest BCUT2D eigenvalue weighted by atomic mass is 10.1. The number of nitrogens with zero attached hydrogens (tertiary/aromatic N) is 1. The Morgan fingerprint density at radius 1 is 0.571 bits per heavy atom. The van der Waals surface area contributed by atoms with Gasteiger partial charge in [-0.3, -0.25) is 0 Å². The van der Waals surface area contributed by atoms with Crippen LogP contribution in [0.3, 0.4) is 0 Å². The number of quaternary nitrogens is 1. The van der Waals surface area contributed by atoms with Crippen LogP contribution in [-0.2, 0) is 0 Å². The van der Waals surface area contributed by atoms with E-state index >= 15 is 0 Å². The summed E-state index contributed by atoms with van der Waals surface area (Å²) < 4.78 is 1.42. The van der Waals surface area contributed by atoms with Crippen molar-refractivity contribution in [2.75, 3.05) is 32.8 Å². The third-order valence-corrected chi connectivity index (χ3v) is 3.94. The largest absolute Gasteiger partial charge is 0.870 e. The molecular formula is C18H43NO2. The number of aliphatic hydroxyl groups is 1. The van der Waals surface area contributed by atoms with Crippen molar-refractivity contribution in [2.24, 2.45) is 0 Å². The first-order valence-electron chi connectivity index (χ1n) is 9.12. The molecule has 0 aromatic rings. The Morgan fingerprint density at radius 3 is 0.905 bits per heavy atom. The van der Waals surface area contributed by atoms with E-state index in [9.17, 15) is 0 Å². The maximum atomic E-state index is 7.57. The van der Waals surface area contributed by atoms with Crippen LogP contribution in [-0.4, -0.2) is 47.9 Å². The summed E-state index contributed by atoms with van der Waals surface area (Å²) in [5.74, 6) is 0. The van der Waals surface area contributed by atoms with Crippen molar-refractivity contribution in [1.29, 1.82) is 0 Å². The summed E-state index contributed by atoms with van der Waals surface area (Å²) in [4.78, 5) is 0. The zero-order valence-corrected chi connectivity index (χ0v) is 15.5. The van der Waals surface area contributed by atoms with Crippen LogP contribution in [0.5, 0.6) is 0 Å². The maximum absolute atomic E-state index is 7.57. The summed E-state index contributed by atoms with van der Waals surface area (Å²) in [5, 5.41) is 7.57. The lowest BCUT2D eigenvalue weighted by Crippen LogP contribution is -2.50. The van der Waals surface area contributed by atoms with E-state index in [1.54, 1.807) is 6.92 Å². The molecule has 0 heterocycles. The minimum absolute atomic E-state index is 0. The van der Waals surface area contributed by atoms with Gasteiger partial charge in [-0.25, -0.2) is 0 Å². The van der Waals surface area contributed by atoms with Crippen molar-refractivity contribution < 1.29 is 15.1 Å². The number of hydrogen-bond donors (Lipinski definition) is 1. The van der Waals surface area contributed by atoms with Gasteiger partial charge in [0.25, 0.3) is 0 Å². The van der Waals surface area contributed by atoms with Crippen molar-refractivity contribution in [3.63, 3.8) is 0 Å². The fraction of sp³-hybridized carbons (Fsp3) is 1.00. The molecule has 0 radical (unpaired) electrons. The molecule has 0 fully saturated rings. The second-order valence-corrected chi connectivity index (χ2v) is 5.97. The van der Waals surface area contributed by atoms with Gasteiger partial charge in [-0.15, -0.1) is 0 Å². The third-order valence-electron chi connectivity index (χ3n) is 3.94. The van der Waals surface area contributed by atoms with Gasteiger partial charge in [0.2, 0.25) is 0 Å². The monoisotopic (exact) mass is 305 g/mol. The van der Waals surface area contributed by atoms with E-state index in [1.165, 1.54) is 82.0 Å². The van der Waals surface area contributed by atoms with E-state index in [-0.39, 0.29) is 12.1 Å². The molecule has 0 saturated heterocycles. The number of rotatable bonds is 12. The van der Waals surface area contributed by atoms with Gasteiger partial charge in [0.05, 0.1) is 26.2 Å². The Hall–Kier alpha value is -0.120. The highest BCUT2D eigenvalue weighted by Crippen LogP contribution is 2.16. The number of hydrogen-bond acceptors (Lipinski definition) is 2. The van der Waals surface area contributed by atoms with Crippen molar-refractivity contribution in [2.45, 2.75) is 86.0 Å². The van der Waals surface area contributed by atoms with Crippen LogP contribution in [0, 0.1) is 0 Å². The summed E-state index contributed by atoms with van der Waals surface area (Å²) in [5.41, 5.74) is 0. The lowest BCUT2D eigenvalue weighted by molar-refractivity contribution is -0.929. The number of unbranched alkanes of at least 4 members (excludes halogenated alkanes) is 4. The van der Waals surface area contributed by atoms with Crippen LogP contribution in [0.2, 0.25) is 0 Å². The highest BCUT2D eigenvalue weighted by molar-refractivity contribution is 4.49. The normalized spacial score (nSPS) is 10.6. The first-order chi connectivity index (χ1) is 9.66. The Bertz CT molecular complexity index is 137. The Labute approximate surface area is 134 Å². The molecule has 21 heavy (non-hydrogen) atoms. The predicted octanol–water partition coefficient (Wildman–Crippen LogP) is 4.83. The number of aliphatic hydroxyl groups excluding tert-OH is 1. The first-order valence-corrected chi connectivity index (χ1v) is 9.12. The molecule has 0 amide bonds. The molecule has 0 rings (SSSR count). The Balaban J connectivity index is -0.000000740. The standard InChI is InChI=1S/C16H36N.C2H6O.H2O/c1-5-9-13-17(14-10-6-2,15-11-7-3)16-12-8-4;1-2-3;/h5-16H2,1-4H3;3H,2H2,1H3;1H2/q+1;;/p-1. The van der Waals surface area contributed by atoms with Crippen LogP contribution in [0.15, 0.2) is 0 Å². The molecule has 132 valence electrons. The summed E-state index contributed by atoms with van der Waals surface area (Å²) in [6.45, 7) is 16.9. The summed E-state index contributed by atoms with van der Waals surface area (Å²) >= 11 is 0. The van der Waals surface area contributed by atoms with Gasteiger partial charge in [0.1, 0.15) is 0 Å². The van der Waals surface area contributed by atoms with Gasteiger partial charge in [-0.2, -0.15) is 0 Å². The van der Waals surface area contributed by atoms with Crippen molar-refractivity contribution >= 4 is 0 Å². The molecule has 0 saturated carbocycles. The highest BCUT2D eigenvalue weighted by Gasteiger charge is 2.24. The molecule has 3 heteroatoms. The molecule has 0 atom stereocenters. The summed E-state index contributed by atoms with van der Waals surface area (Å²) in [6.07, 6.45) is 11.1. The lowest BCUT2D eigenvalue weighted by Gasteiger charge is -2.39. The molecule has 0 aliphatic heterocycles. The zero-order chi connectivity index (χ0) is 15.7. The minimum atomic E-state index is 0. The molecule has 0 unspecified atom stereocenters. The molecule has 0 aromatic heterocycles. The second-order valence-electron chi connectivity index (χ2n) is 5.97. The Kier molecular flexibility index (Phi) is 24.4. The van der Waals surface area contributed by atoms with Crippen molar-refractivity contribution in [3.05, 3.63) is 0 Å². The molecule has 0 aliphatic carbocycles. The van der Waals surface area contributed by atoms with Crippen LogP contribution < -0.4 is 0 Å². The van der Waals surface area contributed by atoms with E-state index in [4.69, 9.17) is 5.11 Å². The van der Waals surface area contributed by atoms with Gasteiger partial charge in [-0.05, 0) is 32.6 Å². The molecule has 0 aliphatic rings. The van der Waals surface area contributed by atoms with E-state index in [0.717, 1.165) is 0 Å². The van der Waals surface area contributed by atoms with Crippen LogP contribution in [0.25, 0.3) is 0 Å². The summed E-state index contributed by atoms with van der Waals surface area (Å²) in [7, 11) is 0. The van der Waals surface area contributed by atoms with Gasteiger partial charge in [-0.1, -0.05) is 53.4 Å². The molecule has 3 nitrogen and oxygen atoms in total. The quantitative estimate of drug-likeness (QED) is 0.525. The molecule has 0 aromatic carbocycles. The van der Waals surface area contributed by atoms with Gasteiger partial charge in [0, 0.05) is 6.61 Å². The smallest absolute Gasteiger partial charge is 0.0786 e. The fourth-order valence-corrected chi connectivity index (χ4v) is 2.64. The van der Waals surface area contributed by atoms with Gasteiger partial charge >= 0.3 is 0 Å². The van der Waals surface area contributed by atoms with E-state index in [1.807, 2.05) is 0 Å².